The third kappa shape index (κ3) is 4.29. The number of aromatic nitrogens is 3. The summed E-state index contributed by atoms with van der Waals surface area (Å²) in [6.45, 7) is 0.919. The van der Waals surface area contributed by atoms with E-state index in [0.29, 0.717) is 18.5 Å². The molecule has 0 spiro atoms. The highest BCUT2D eigenvalue weighted by Crippen LogP contribution is 2.46. The Morgan fingerprint density at radius 1 is 1.18 bits per heavy atom. The molecule has 4 heterocycles. The number of hydrogen-bond acceptors (Lipinski definition) is 6. The highest BCUT2D eigenvalue weighted by atomic mass is 16.5. The van der Waals surface area contributed by atoms with Gasteiger partial charge in [0.2, 0.25) is 5.91 Å². The molecule has 8 heteroatoms. The molecule has 2 aliphatic carbocycles. The molecule has 200 valence electrons. The van der Waals surface area contributed by atoms with Crippen LogP contribution in [0.4, 0.5) is 0 Å². The molecule has 1 aromatic carbocycles. The van der Waals surface area contributed by atoms with Crippen molar-refractivity contribution in [2.45, 2.75) is 81.5 Å². The zero-order valence-corrected chi connectivity index (χ0v) is 22.3. The van der Waals surface area contributed by atoms with Gasteiger partial charge in [0.05, 0.1) is 30.5 Å². The molecular weight excluding hydrogens is 488 g/mol. The normalized spacial score (nSPS) is 26.6. The van der Waals surface area contributed by atoms with Crippen LogP contribution in [0, 0.1) is 17.2 Å². The predicted octanol–water partition coefficient (Wildman–Crippen LogP) is 3.86. The maximum Gasteiger partial charge on any atom is 0.223 e. The molecule has 4 atom stereocenters. The molecule has 4 aliphatic rings. The maximum absolute atomic E-state index is 13.4. The molecule has 1 N–H and O–H groups in total. The molecule has 1 amide bonds. The van der Waals surface area contributed by atoms with Crippen LogP contribution in [0.15, 0.2) is 48.7 Å². The summed E-state index contributed by atoms with van der Waals surface area (Å²) in [6, 6.07) is 17.8. The van der Waals surface area contributed by atoms with Crippen LogP contribution in [-0.2, 0) is 29.6 Å². The second-order valence-corrected chi connectivity index (χ2v) is 11.7. The smallest absolute Gasteiger partial charge is 0.223 e. The van der Waals surface area contributed by atoms with Gasteiger partial charge in [-0.25, -0.2) is 9.67 Å². The van der Waals surface area contributed by atoms with E-state index in [2.05, 4.69) is 33.5 Å². The van der Waals surface area contributed by atoms with E-state index in [1.54, 1.807) is 7.11 Å². The van der Waals surface area contributed by atoms with Crippen molar-refractivity contribution in [2.24, 2.45) is 5.92 Å². The van der Waals surface area contributed by atoms with Crippen molar-refractivity contribution in [2.75, 3.05) is 7.11 Å². The lowest BCUT2D eigenvalue weighted by Gasteiger charge is -2.28. The third-order valence-electron chi connectivity index (χ3n) is 9.46. The van der Waals surface area contributed by atoms with Crippen LogP contribution in [0.2, 0.25) is 0 Å². The van der Waals surface area contributed by atoms with Crippen molar-refractivity contribution in [3.8, 4) is 17.6 Å². The number of carbonyl (C=O) groups excluding carboxylic acids is 1. The number of benzene rings is 1. The number of nitrogens with zero attached hydrogens (tertiary/aromatic N) is 5. The molecule has 3 fully saturated rings. The van der Waals surface area contributed by atoms with Gasteiger partial charge >= 0.3 is 0 Å². The Kier molecular flexibility index (Phi) is 5.93. The summed E-state index contributed by atoms with van der Waals surface area (Å²) < 4.78 is 7.21. The zero-order valence-electron chi connectivity index (χ0n) is 22.3. The molecule has 2 aromatic heterocycles. The number of amides is 1. The lowest BCUT2D eigenvalue weighted by molar-refractivity contribution is -0.126. The standard InChI is InChI=1S/C31H34N6O2/c1-39-24-9-5-20(6-10-24)18-36-23-8-12-27(36)25(16-23)34-30(38)21-7-11-26-22(15-21)17-33-37(26)29-4-2-3-28(35-29)31(19-32)13-14-31/h2-6,9-10,17,21,23,25,27H,7-8,11-16,18H2,1H3,(H,34,38)/t21?,23-,25+,27+/m0/s1. The number of methoxy groups -OCH3 is 1. The summed E-state index contributed by atoms with van der Waals surface area (Å²) in [5.74, 6) is 1.79. The lowest BCUT2D eigenvalue weighted by atomic mass is 9.86. The average Bonchev–Trinajstić information content (AvgIpc) is 3.39. The Bertz CT molecular complexity index is 1440. The van der Waals surface area contributed by atoms with Crippen LogP contribution < -0.4 is 10.1 Å². The van der Waals surface area contributed by atoms with Crippen LogP contribution in [0.5, 0.6) is 5.75 Å². The first kappa shape index (κ1) is 24.3. The van der Waals surface area contributed by atoms with E-state index < -0.39 is 5.41 Å². The minimum absolute atomic E-state index is 0.0306. The Labute approximate surface area is 229 Å². The monoisotopic (exact) mass is 522 g/mol. The van der Waals surface area contributed by atoms with Crippen LogP contribution in [0.3, 0.4) is 0 Å². The van der Waals surface area contributed by atoms with Gasteiger partial charge in [-0.3, -0.25) is 9.69 Å². The highest BCUT2D eigenvalue weighted by Gasteiger charge is 2.47. The van der Waals surface area contributed by atoms with E-state index in [0.717, 1.165) is 73.6 Å². The first-order chi connectivity index (χ1) is 19.1. The van der Waals surface area contributed by atoms with E-state index in [9.17, 15) is 10.1 Å². The van der Waals surface area contributed by atoms with Crippen LogP contribution >= 0.6 is 0 Å². The SMILES string of the molecule is COc1ccc(CN2[C@H]3CC[C@@H]2[C@H](NC(=O)C2CCc4c(cnn4-c4cccc(C5(C#N)CC5)n4)C2)C3)cc1. The van der Waals surface area contributed by atoms with Crippen molar-refractivity contribution in [3.05, 3.63) is 71.2 Å². The van der Waals surface area contributed by atoms with Gasteiger partial charge in [-0.1, -0.05) is 18.2 Å². The zero-order chi connectivity index (χ0) is 26.6. The molecule has 7 rings (SSSR count). The number of pyridine rings is 1. The first-order valence-corrected chi connectivity index (χ1v) is 14.2. The van der Waals surface area contributed by atoms with E-state index >= 15 is 0 Å². The van der Waals surface area contributed by atoms with Gasteiger partial charge in [-0.2, -0.15) is 10.4 Å². The fourth-order valence-electron chi connectivity index (χ4n) is 7.05. The number of hydrogen-bond donors (Lipinski definition) is 1. The molecule has 1 saturated carbocycles. The number of nitrogens with one attached hydrogen (secondary N) is 1. The predicted molar refractivity (Wildman–Crippen MR) is 145 cm³/mol. The summed E-state index contributed by atoms with van der Waals surface area (Å²) in [6.07, 6.45) is 9.34. The van der Waals surface area contributed by atoms with Gasteiger partial charge < -0.3 is 10.1 Å². The molecule has 1 unspecified atom stereocenters. The van der Waals surface area contributed by atoms with E-state index in [4.69, 9.17) is 9.72 Å². The van der Waals surface area contributed by atoms with E-state index in [-0.39, 0.29) is 17.9 Å². The molecule has 39 heavy (non-hydrogen) atoms. The fraction of sp³-hybridized carbons (Fsp3) is 0.484. The second-order valence-electron chi connectivity index (χ2n) is 11.7. The molecule has 3 aromatic rings. The largest absolute Gasteiger partial charge is 0.497 e. The average molecular weight is 523 g/mol. The molecule has 2 aliphatic heterocycles. The summed E-state index contributed by atoms with van der Waals surface area (Å²) in [5, 5.41) is 17.7. The van der Waals surface area contributed by atoms with E-state index in [1.807, 2.05) is 41.2 Å². The quantitative estimate of drug-likeness (QED) is 0.506. The minimum Gasteiger partial charge on any atom is -0.497 e. The molecular formula is C31H34N6O2. The maximum atomic E-state index is 13.4. The number of nitriles is 1. The Morgan fingerprint density at radius 2 is 2.03 bits per heavy atom. The van der Waals surface area contributed by atoms with Gasteiger partial charge in [0, 0.05) is 36.3 Å². The van der Waals surface area contributed by atoms with E-state index in [1.165, 1.54) is 12.0 Å². The summed E-state index contributed by atoms with van der Waals surface area (Å²) >= 11 is 0. The molecule has 2 saturated heterocycles. The second kappa shape index (κ2) is 9.49. The number of carbonyl (C=O) groups is 1. The Hall–Kier alpha value is -3.70. The Morgan fingerprint density at radius 3 is 2.79 bits per heavy atom. The van der Waals surface area contributed by atoms with Crippen molar-refractivity contribution in [3.63, 3.8) is 0 Å². The summed E-state index contributed by atoms with van der Waals surface area (Å²) in [7, 11) is 1.69. The molecule has 0 radical (unpaired) electrons. The first-order valence-electron chi connectivity index (χ1n) is 14.2. The molecule has 8 nitrogen and oxygen atoms in total. The summed E-state index contributed by atoms with van der Waals surface area (Å²) in [4.78, 5) is 20.8. The van der Waals surface area contributed by atoms with Crippen molar-refractivity contribution in [1.82, 2.24) is 25.0 Å². The van der Waals surface area contributed by atoms with Crippen LogP contribution in [0.1, 0.15) is 61.0 Å². The van der Waals surface area contributed by atoms with Gasteiger partial charge in [0.25, 0.3) is 0 Å². The van der Waals surface area contributed by atoms with Gasteiger partial charge in [0.15, 0.2) is 5.82 Å². The minimum atomic E-state index is -0.420. The number of rotatable bonds is 7. The van der Waals surface area contributed by atoms with Gasteiger partial charge in [0.1, 0.15) is 5.75 Å². The lowest BCUT2D eigenvalue weighted by Crippen LogP contribution is -2.46. The number of fused-ring (bicyclic) bond motifs is 3. The van der Waals surface area contributed by atoms with Gasteiger partial charge in [-0.05, 0) is 86.8 Å². The van der Waals surface area contributed by atoms with Gasteiger partial charge in [-0.15, -0.1) is 0 Å². The van der Waals surface area contributed by atoms with Crippen molar-refractivity contribution >= 4 is 5.91 Å². The molecule has 2 bridgehead atoms. The van der Waals surface area contributed by atoms with Crippen molar-refractivity contribution in [1.29, 1.82) is 5.26 Å². The third-order valence-corrected chi connectivity index (χ3v) is 9.46. The fourth-order valence-corrected chi connectivity index (χ4v) is 7.05. The van der Waals surface area contributed by atoms with Crippen molar-refractivity contribution < 1.29 is 9.53 Å². The number of ether oxygens (including phenoxy) is 1. The summed E-state index contributed by atoms with van der Waals surface area (Å²) in [5.41, 5.74) is 3.97. The van der Waals surface area contributed by atoms with Crippen LogP contribution in [-0.4, -0.2) is 50.8 Å². The topological polar surface area (TPSA) is 96.1 Å². The highest BCUT2D eigenvalue weighted by molar-refractivity contribution is 5.79. The van der Waals surface area contributed by atoms with Crippen LogP contribution in [0.25, 0.3) is 5.82 Å². The Balaban J connectivity index is 1.00.